The summed E-state index contributed by atoms with van der Waals surface area (Å²) in [5.74, 6) is -0.563. The van der Waals surface area contributed by atoms with Crippen LogP contribution in [0, 0.1) is 6.92 Å². The number of carbonyl (C=O) groups is 1. The van der Waals surface area contributed by atoms with Gasteiger partial charge < -0.3 is 10.1 Å². The Hall–Kier alpha value is -3.54. The van der Waals surface area contributed by atoms with Crippen molar-refractivity contribution in [2.24, 2.45) is 5.14 Å². The van der Waals surface area contributed by atoms with E-state index in [4.69, 9.17) is 9.88 Å². The van der Waals surface area contributed by atoms with Crippen molar-refractivity contribution in [1.82, 2.24) is 19.4 Å². The first kappa shape index (κ1) is 22.0. The Bertz CT molecular complexity index is 1620. The van der Waals surface area contributed by atoms with Crippen molar-refractivity contribution in [3.63, 3.8) is 0 Å². The van der Waals surface area contributed by atoms with Crippen molar-refractivity contribution < 1.29 is 17.9 Å². The number of benzene rings is 1. The number of hydrogen-bond acceptors (Lipinski definition) is 6. The minimum atomic E-state index is -4.22. The fraction of sp³-hybridized carbons (Fsp3) is 0.292. The van der Waals surface area contributed by atoms with Crippen LogP contribution in [0.2, 0.25) is 0 Å². The molecule has 180 valence electrons. The van der Waals surface area contributed by atoms with Crippen molar-refractivity contribution in [3.8, 4) is 11.1 Å². The molecule has 0 radical (unpaired) electrons. The summed E-state index contributed by atoms with van der Waals surface area (Å²) in [4.78, 5) is 13.7. The number of ether oxygens (including phenoxy) is 1. The van der Waals surface area contributed by atoms with Crippen LogP contribution in [-0.2, 0) is 40.8 Å². The van der Waals surface area contributed by atoms with Crippen LogP contribution < -0.4 is 10.5 Å². The number of aryl methyl sites for hydroxylation is 2. The summed E-state index contributed by atoms with van der Waals surface area (Å²) in [7, 11) is -4.22. The molecular formula is C24H24N6O4S. The fourth-order valence-electron chi connectivity index (χ4n) is 5.21. The molecule has 0 spiro atoms. The van der Waals surface area contributed by atoms with E-state index in [0.29, 0.717) is 24.5 Å². The van der Waals surface area contributed by atoms with E-state index in [-0.39, 0.29) is 12.2 Å². The average molecular weight is 493 g/mol. The Morgan fingerprint density at radius 1 is 1.23 bits per heavy atom. The molecule has 4 aromatic rings. The van der Waals surface area contributed by atoms with E-state index in [1.165, 1.54) is 10.2 Å². The largest absolute Gasteiger partial charge is 0.373 e. The smallest absolute Gasteiger partial charge is 0.260 e. The lowest BCUT2D eigenvalue weighted by Crippen LogP contribution is -2.23. The third-order valence-corrected chi connectivity index (χ3v) is 7.56. The van der Waals surface area contributed by atoms with E-state index in [1.807, 2.05) is 31.3 Å². The molecule has 3 N–H and O–H groups in total. The molecule has 0 fully saturated rings. The van der Waals surface area contributed by atoms with Gasteiger partial charge in [-0.3, -0.25) is 9.48 Å². The number of amides is 1. The first-order chi connectivity index (χ1) is 16.8. The van der Waals surface area contributed by atoms with Crippen LogP contribution in [0.15, 0.2) is 41.7 Å². The Morgan fingerprint density at radius 3 is 2.91 bits per heavy atom. The summed E-state index contributed by atoms with van der Waals surface area (Å²) >= 11 is 0. The van der Waals surface area contributed by atoms with Gasteiger partial charge in [0.25, 0.3) is 15.9 Å². The van der Waals surface area contributed by atoms with Gasteiger partial charge in [-0.1, -0.05) is 6.07 Å². The number of rotatable bonds is 4. The molecule has 4 heterocycles. The van der Waals surface area contributed by atoms with Gasteiger partial charge in [0.1, 0.15) is 5.56 Å². The topological polar surface area (TPSA) is 134 Å². The van der Waals surface area contributed by atoms with Gasteiger partial charge in [-0.25, -0.2) is 18.1 Å². The zero-order valence-corrected chi connectivity index (χ0v) is 19.9. The minimum absolute atomic E-state index is 0.0577. The van der Waals surface area contributed by atoms with Crippen molar-refractivity contribution in [3.05, 3.63) is 64.6 Å². The monoisotopic (exact) mass is 492 g/mol. The Balaban J connectivity index is 1.52. The molecule has 1 aliphatic heterocycles. The number of primary sulfonamides is 1. The van der Waals surface area contributed by atoms with Crippen LogP contribution >= 0.6 is 0 Å². The Kier molecular flexibility index (Phi) is 5.02. The highest BCUT2D eigenvalue weighted by molar-refractivity contribution is 7.89. The number of aromatic nitrogens is 4. The molecule has 0 atom stereocenters. The maximum Gasteiger partial charge on any atom is 0.260 e. The second-order valence-electron chi connectivity index (χ2n) is 8.95. The van der Waals surface area contributed by atoms with Crippen molar-refractivity contribution in [1.29, 1.82) is 0 Å². The number of nitrogens with zero attached hydrogens (tertiary/aromatic N) is 4. The molecule has 0 saturated carbocycles. The van der Waals surface area contributed by atoms with Gasteiger partial charge in [-0.2, -0.15) is 10.2 Å². The van der Waals surface area contributed by atoms with Crippen LogP contribution in [0.4, 0.5) is 5.69 Å². The number of carbonyl (C=O) groups excluding carboxylic acids is 1. The third-order valence-electron chi connectivity index (χ3n) is 6.73. The lowest BCUT2D eigenvalue weighted by molar-refractivity contribution is 0.0781. The zero-order valence-electron chi connectivity index (χ0n) is 19.1. The quantitative estimate of drug-likeness (QED) is 0.449. The fourth-order valence-corrected chi connectivity index (χ4v) is 5.92. The third kappa shape index (κ3) is 3.63. The summed E-state index contributed by atoms with van der Waals surface area (Å²) in [6.45, 7) is 2.84. The average Bonchev–Trinajstić information content (AvgIpc) is 3.55. The number of nitrogens with one attached hydrogen (secondary N) is 1. The van der Waals surface area contributed by atoms with E-state index in [2.05, 4.69) is 21.6 Å². The predicted molar refractivity (Wildman–Crippen MR) is 129 cm³/mol. The molecule has 0 bridgehead atoms. The number of anilines is 1. The maximum atomic E-state index is 13.7. The number of hydrogen-bond donors (Lipinski definition) is 2. The molecule has 11 heteroatoms. The molecule has 0 unspecified atom stereocenters. The number of pyridine rings is 1. The second kappa shape index (κ2) is 8.01. The summed E-state index contributed by atoms with van der Waals surface area (Å²) in [5.41, 5.74) is 7.10. The lowest BCUT2D eigenvalue weighted by atomic mass is 9.92. The van der Waals surface area contributed by atoms with Crippen molar-refractivity contribution in [2.75, 3.05) is 11.9 Å². The van der Waals surface area contributed by atoms with E-state index in [0.717, 1.165) is 47.0 Å². The number of fused-ring (bicyclic) bond motifs is 3. The summed E-state index contributed by atoms with van der Waals surface area (Å²) in [6, 6.07) is 8.09. The Morgan fingerprint density at radius 2 is 2.09 bits per heavy atom. The molecule has 6 rings (SSSR count). The highest BCUT2D eigenvalue weighted by Crippen LogP contribution is 2.41. The number of nitrogens with two attached hydrogens (primary N) is 1. The van der Waals surface area contributed by atoms with Gasteiger partial charge in [0.15, 0.2) is 0 Å². The van der Waals surface area contributed by atoms with Gasteiger partial charge in [-0.15, -0.1) is 0 Å². The van der Waals surface area contributed by atoms with Crippen LogP contribution in [0.5, 0.6) is 0 Å². The second-order valence-corrected chi connectivity index (χ2v) is 10.4. The summed E-state index contributed by atoms with van der Waals surface area (Å²) in [6.07, 6.45) is 6.36. The molecule has 35 heavy (non-hydrogen) atoms. The zero-order chi connectivity index (χ0) is 24.3. The van der Waals surface area contributed by atoms with E-state index >= 15 is 0 Å². The standard InChI is InChI=1S/C24H24N6O4S/c1-14-11-15-3-2-4-18(15)22(20(14)16-6-8-29-17(12-16)5-7-26-29)27-23(31)21-19-13-34-10-9-30(19)28-24(21)35(25,32)33/h5-8,11-12H,2-4,9-10,13H2,1H3,(H,27,31)(H2,25,32,33). The Labute approximate surface area is 201 Å². The van der Waals surface area contributed by atoms with E-state index in [1.54, 1.807) is 10.7 Å². The van der Waals surface area contributed by atoms with Crippen LogP contribution in [-0.4, -0.2) is 40.3 Å². The lowest BCUT2D eigenvalue weighted by Gasteiger charge is -2.20. The highest BCUT2D eigenvalue weighted by atomic mass is 32.2. The minimum Gasteiger partial charge on any atom is -0.373 e. The molecule has 10 nitrogen and oxygen atoms in total. The predicted octanol–water partition coefficient (Wildman–Crippen LogP) is 2.42. The molecule has 2 aliphatic rings. The van der Waals surface area contributed by atoms with Gasteiger partial charge in [0.2, 0.25) is 5.03 Å². The number of sulfonamides is 1. The molecule has 1 aliphatic carbocycles. The van der Waals surface area contributed by atoms with Crippen LogP contribution in [0.25, 0.3) is 16.6 Å². The van der Waals surface area contributed by atoms with E-state index in [9.17, 15) is 13.2 Å². The van der Waals surface area contributed by atoms with Crippen LogP contribution in [0.1, 0.15) is 39.2 Å². The normalized spacial score (nSPS) is 15.3. The van der Waals surface area contributed by atoms with Gasteiger partial charge in [-0.05, 0) is 66.6 Å². The molecule has 3 aromatic heterocycles. The SMILES string of the molecule is Cc1cc2c(c(NC(=O)c3c(S(N)(=O)=O)nn4c3COCC4)c1-c1ccn3nccc3c1)CCC2. The molecule has 1 amide bonds. The van der Waals surface area contributed by atoms with Crippen LogP contribution in [0.3, 0.4) is 0 Å². The van der Waals surface area contributed by atoms with Crippen molar-refractivity contribution >= 4 is 27.1 Å². The summed E-state index contributed by atoms with van der Waals surface area (Å²) in [5, 5.41) is 16.5. The first-order valence-corrected chi connectivity index (χ1v) is 13.0. The van der Waals surface area contributed by atoms with E-state index < -0.39 is 21.0 Å². The maximum absolute atomic E-state index is 13.7. The van der Waals surface area contributed by atoms with Gasteiger partial charge in [0, 0.05) is 18.0 Å². The molecule has 0 saturated heterocycles. The first-order valence-electron chi connectivity index (χ1n) is 11.4. The van der Waals surface area contributed by atoms with Gasteiger partial charge >= 0.3 is 0 Å². The summed E-state index contributed by atoms with van der Waals surface area (Å²) < 4.78 is 33.4. The highest BCUT2D eigenvalue weighted by Gasteiger charge is 2.32. The molecular weight excluding hydrogens is 468 g/mol. The molecule has 1 aromatic carbocycles. The van der Waals surface area contributed by atoms with Crippen molar-refractivity contribution in [2.45, 2.75) is 44.4 Å². The van der Waals surface area contributed by atoms with Gasteiger partial charge in [0.05, 0.1) is 36.7 Å².